The molecule has 80 valence electrons. The van der Waals surface area contributed by atoms with E-state index in [2.05, 4.69) is 10.3 Å². The van der Waals surface area contributed by atoms with Crippen molar-refractivity contribution in [3.05, 3.63) is 24.2 Å². The normalized spacial score (nSPS) is 13.0. The zero-order valence-corrected chi connectivity index (χ0v) is 8.84. The van der Waals surface area contributed by atoms with Gasteiger partial charge in [0.1, 0.15) is 5.69 Å². The van der Waals surface area contributed by atoms with Gasteiger partial charge in [-0.1, -0.05) is 12.1 Å². The summed E-state index contributed by atoms with van der Waals surface area (Å²) in [7, 11) is 1.86. The minimum absolute atomic E-state index is 0.0806. The van der Waals surface area contributed by atoms with Crippen molar-refractivity contribution < 1.29 is 4.52 Å². The summed E-state index contributed by atoms with van der Waals surface area (Å²) in [6.07, 6.45) is 4.47. The van der Waals surface area contributed by atoms with Crippen LogP contribution < -0.4 is 5.73 Å². The Kier molecular flexibility index (Phi) is 2.55. The number of nitrogens with two attached hydrogens (primary N) is 1. The maximum atomic E-state index is 5.84. The number of aromatic nitrogens is 3. The maximum absolute atomic E-state index is 5.84. The molecule has 0 fully saturated rings. The van der Waals surface area contributed by atoms with Gasteiger partial charge in [-0.05, 0) is 6.42 Å². The molecule has 0 aliphatic carbocycles. The molecule has 0 aliphatic heterocycles. The highest BCUT2D eigenvalue weighted by atomic mass is 16.5. The molecule has 1 atom stereocenters. The lowest BCUT2D eigenvalue weighted by atomic mass is 10.1. The van der Waals surface area contributed by atoms with Crippen LogP contribution in [-0.2, 0) is 7.05 Å². The molecule has 0 amide bonds. The Morgan fingerprint density at radius 2 is 2.40 bits per heavy atom. The summed E-state index contributed by atoms with van der Waals surface area (Å²) in [5.41, 5.74) is 7.56. The number of hydrogen-bond acceptors (Lipinski definition) is 4. The van der Waals surface area contributed by atoms with Gasteiger partial charge in [-0.2, -0.15) is 5.10 Å². The molecule has 5 nitrogen and oxygen atoms in total. The van der Waals surface area contributed by atoms with Crippen LogP contribution in [-0.4, -0.2) is 14.9 Å². The van der Waals surface area contributed by atoms with E-state index in [0.29, 0.717) is 0 Å². The van der Waals surface area contributed by atoms with Gasteiger partial charge in [0.05, 0.1) is 12.2 Å². The Balaban J connectivity index is 2.27. The van der Waals surface area contributed by atoms with Gasteiger partial charge >= 0.3 is 0 Å². The van der Waals surface area contributed by atoms with Gasteiger partial charge in [-0.15, -0.1) is 0 Å². The van der Waals surface area contributed by atoms with Crippen LogP contribution in [0.4, 0.5) is 0 Å². The van der Waals surface area contributed by atoms with Crippen LogP contribution in [0, 0.1) is 0 Å². The molecule has 15 heavy (non-hydrogen) atoms. The highest BCUT2D eigenvalue weighted by Crippen LogP contribution is 2.22. The van der Waals surface area contributed by atoms with Crippen LogP contribution in [0.1, 0.15) is 25.1 Å². The zero-order valence-electron chi connectivity index (χ0n) is 8.84. The monoisotopic (exact) mass is 206 g/mol. The van der Waals surface area contributed by atoms with Crippen molar-refractivity contribution in [2.24, 2.45) is 12.8 Å². The molecular weight excluding hydrogens is 192 g/mol. The van der Waals surface area contributed by atoms with Crippen LogP contribution in [0.25, 0.3) is 11.3 Å². The van der Waals surface area contributed by atoms with Gasteiger partial charge in [0.2, 0.25) is 0 Å². The van der Waals surface area contributed by atoms with E-state index >= 15 is 0 Å². The van der Waals surface area contributed by atoms with E-state index in [-0.39, 0.29) is 6.04 Å². The molecular formula is C10H14N4O. The largest absolute Gasteiger partial charge is 0.359 e. The van der Waals surface area contributed by atoms with Gasteiger partial charge in [0.15, 0.2) is 5.76 Å². The first-order valence-corrected chi connectivity index (χ1v) is 4.92. The third-order valence-electron chi connectivity index (χ3n) is 2.33. The van der Waals surface area contributed by atoms with Crippen molar-refractivity contribution in [1.29, 1.82) is 0 Å². The second-order valence-corrected chi connectivity index (χ2v) is 3.53. The maximum Gasteiger partial charge on any atom is 0.154 e. The fraction of sp³-hybridized carbons (Fsp3) is 0.400. The van der Waals surface area contributed by atoms with Crippen molar-refractivity contribution in [2.45, 2.75) is 19.4 Å². The predicted octanol–water partition coefficient (Wildman–Crippen LogP) is 1.48. The topological polar surface area (TPSA) is 69.9 Å². The second kappa shape index (κ2) is 3.86. The first-order chi connectivity index (χ1) is 7.20. The smallest absolute Gasteiger partial charge is 0.154 e. The summed E-state index contributed by atoms with van der Waals surface area (Å²) in [4.78, 5) is 0. The second-order valence-electron chi connectivity index (χ2n) is 3.53. The Bertz CT molecular complexity index is 446. The summed E-state index contributed by atoms with van der Waals surface area (Å²) in [5.74, 6) is 0.719. The standard InChI is InChI=1S/C10H14N4O/c1-3-8(11)10-4-9(13-15-10)7-5-12-14(2)6-7/h4-6,8H,3,11H2,1-2H3. The van der Waals surface area contributed by atoms with E-state index in [1.54, 1.807) is 10.9 Å². The summed E-state index contributed by atoms with van der Waals surface area (Å²) >= 11 is 0. The Morgan fingerprint density at radius 3 is 3.00 bits per heavy atom. The summed E-state index contributed by atoms with van der Waals surface area (Å²) in [5, 5.41) is 8.03. The quantitative estimate of drug-likeness (QED) is 0.825. The van der Waals surface area contributed by atoms with E-state index < -0.39 is 0 Å². The van der Waals surface area contributed by atoms with Gasteiger partial charge in [-0.3, -0.25) is 4.68 Å². The summed E-state index contributed by atoms with van der Waals surface area (Å²) in [6.45, 7) is 2.01. The Morgan fingerprint density at radius 1 is 1.60 bits per heavy atom. The predicted molar refractivity (Wildman–Crippen MR) is 55.9 cm³/mol. The average molecular weight is 206 g/mol. The van der Waals surface area contributed by atoms with Crippen molar-refractivity contribution in [2.75, 3.05) is 0 Å². The lowest BCUT2D eigenvalue weighted by Gasteiger charge is -2.00. The summed E-state index contributed by atoms with van der Waals surface area (Å²) < 4.78 is 6.89. The van der Waals surface area contributed by atoms with Crippen LogP contribution in [0.2, 0.25) is 0 Å². The minimum Gasteiger partial charge on any atom is -0.359 e. The molecule has 2 N–H and O–H groups in total. The van der Waals surface area contributed by atoms with Gasteiger partial charge in [0, 0.05) is 24.9 Å². The third kappa shape index (κ3) is 1.92. The lowest BCUT2D eigenvalue weighted by molar-refractivity contribution is 0.360. The molecule has 0 saturated heterocycles. The van der Waals surface area contributed by atoms with Gasteiger partial charge in [-0.25, -0.2) is 0 Å². The van der Waals surface area contributed by atoms with Gasteiger partial charge < -0.3 is 10.3 Å². The van der Waals surface area contributed by atoms with Crippen molar-refractivity contribution in [1.82, 2.24) is 14.9 Å². The SMILES string of the molecule is CCC(N)c1cc(-c2cnn(C)c2)no1. The van der Waals surface area contributed by atoms with Crippen molar-refractivity contribution >= 4 is 0 Å². The van der Waals surface area contributed by atoms with Crippen LogP contribution in [0.5, 0.6) is 0 Å². The molecule has 0 saturated carbocycles. The average Bonchev–Trinajstić information content (AvgIpc) is 2.84. The van der Waals surface area contributed by atoms with Crippen molar-refractivity contribution in [3.8, 4) is 11.3 Å². The number of hydrogen-bond donors (Lipinski definition) is 1. The van der Waals surface area contributed by atoms with Crippen LogP contribution >= 0.6 is 0 Å². The molecule has 5 heteroatoms. The molecule has 0 radical (unpaired) electrons. The molecule has 2 heterocycles. The molecule has 2 aromatic heterocycles. The minimum atomic E-state index is -0.0806. The first kappa shape index (κ1) is 9.92. The number of rotatable bonds is 3. The lowest BCUT2D eigenvalue weighted by Crippen LogP contribution is -2.06. The fourth-order valence-corrected chi connectivity index (χ4v) is 1.35. The third-order valence-corrected chi connectivity index (χ3v) is 2.33. The van der Waals surface area contributed by atoms with Crippen LogP contribution in [0.15, 0.2) is 23.0 Å². The Labute approximate surface area is 87.9 Å². The molecule has 0 bridgehead atoms. The first-order valence-electron chi connectivity index (χ1n) is 4.92. The fourth-order valence-electron chi connectivity index (χ4n) is 1.35. The molecule has 0 aromatic carbocycles. The molecule has 2 rings (SSSR count). The van der Waals surface area contributed by atoms with E-state index in [1.807, 2.05) is 26.2 Å². The number of aryl methyl sites for hydroxylation is 1. The van der Waals surface area contributed by atoms with Gasteiger partial charge in [0.25, 0.3) is 0 Å². The zero-order chi connectivity index (χ0) is 10.8. The molecule has 1 unspecified atom stereocenters. The van der Waals surface area contributed by atoms with E-state index in [1.165, 1.54) is 0 Å². The summed E-state index contributed by atoms with van der Waals surface area (Å²) in [6, 6.07) is 1.79. The van der Waals surface area contributed by atoms with E-state index in [0.717, 1.165) is 23.4 Å². The molecule has 0 spiro atoms. The highest BCUT2D eigenvalue weighted by molar-refractivity contribution is 5.56. The molecule has 2 aromatic rings. The number of nitrogens with zero attached hydrogens (tertiary/aromatic N) is 3. The molecule has 0 aliphatic rings. The van der Waals surface area contributed by atoms with E-state index in [9.17, 15) is 0 Å². The van der Waals surface area contributed by atoms with Crippen molar-refractivity contribution in [3.63, 3.8) is 0 Å². The highest BCUT2D eigenvalue weighted by Gasteiger charge is 2.12. The Hall–Kier alpha value is -1.62. The van der Waals surface area contributed by atoms with E-state index in [4.69, 9.17) is 10.3 Å². The van der Waals surface area contributed by atoms with Crippen LogP contribution in [0.3, 0.4) is 0 Å².